The van der Waals surface area contributed by atoms with Crippen LogP contribution in [0.1, 0.15) is 29.2 Å². The van der Waals surface area contributed by atoms with Crippen molar-refractivity contribution in [2.45, 2.75) is 49.0 Å². The number of nitrogens with one attached hydrogen (secondary N) is 2. The first-order valence-electron chi connectivity index (χ1n) is 13.7. The lowest BCUT2D eigenvalue weighted by Crippen LogP contribution is -2.39. The van der Waals surface area contributed by atoms with Crippen molar-refractivity contribution in [3.8, 4) is 5.75 Å². The fourth-order valence-corrected chi connectivity index (χ4v) is 7.66. The van der Waals surface area contributed by atoms with Crippen molar-refractivity contribution in [1.82, 2.24) is 19.8 Å². The topological polar surface area (TPSA) is 100 Å². The maximum Gasteiger partial charge on any atom is 0.471 e. The van der Waals surface area contributed by atoms with Crippen LogP contribution in [0.2, 0.25) is 5.02 Å². The second-order valence-electron chi connectivity index (χ2n) is 10.9. The van der Waals surface area contributed by atoms with Crippen LogP contribution in [0.4, 0.5) is 13.2 Å². The molecule has 2 aromatic rings. The standard InChI is InChI=1S/C28H35BrClF3N4O5S/c1-17-12-20(4-5-25(17)42-26-22-13-18(30)14-23(29)21(22)15-24(26)36(2)3)43(39,40)35-19-6-8-37(16-19)9-11-41-10-7-34-27(38)28(31,32)33/h4-5,12-14,19,24,26,35H,6-11,15-16H2,1-3H3,(H,34,38)/t19-,24-,26-/m0/s1. The van der Waals surface area contributed by atoms with Crippen LogP contribution < -0.4 is 14.8 Å². The number of fused-ring (bicyclic) bond motifs is 1. The summed E-state index contributed by atoms with van der Waals surface area (Å²) < 4.78 is 78.5. The van der Waals surface area contributed by atoms with Crippen molar-refractivity contribution in [2.75, 3.05) is 53.5 Å². The van der Waals surface area contributed by atoms with Crippen molar-refractivity contribution >= 4 is 43.5 Å². The minimum Gasteiger partial charge on any atom is -0.484 e. The van der Waals surface area contributed by atoms with E-state index in [-0.39, 0.29) is 42.8 Å². The summed E-state index contributed by atoms with van der Waals surface area (Å²) in [5.41, 5.74) is 2.83. The molecule has 0 aromatic heterocycles. The Labute approximate surface area is 263 Å². The van der Waals surface area contributed by atoms with Gasteiger partial charge in [0.25, 0.3) is 0 Å². The Kier molecular flexibility index (Phi) is 11.1. The van der Waals surface area contributed by atoms with Gasteiger partial charge in [-0.25, -0.2) is 13.1 Å². The quantitative estimate of drug-likeness (QED) is 0.321. The smallest absolute Gasteiger partial charge is 0.471 e. The van der Waals surface area contributed by atoms with Gasteiger partial charge in [0, 0.05) is 35.2 Å². The van der Waals surface area contributed by atoms with E-state index in [0.717, 1.165) is 22.0 Å². The molecule has 2 aromatic carbocycles. The summed E-state index contributed by atoms with van der Waals surface area (Å²) in [6.07, 6.45) is -3.82. The average Bonchev–Trinajstić information content (AvgIpc) is 3.50. The van der Waals surface area contributed by atoms with Crippen LogP contribution in [0.25, 0.3) is 0 Å². The zero-order valence-corrected chi connectivity index (χ0v) is 27.2. The van der Waals surface area contributed by atoms with E-state index in [1.54, 1.807) is 17.4 Å². The highest BCUT2D eigenvalue weighted by atomic mass is 79.9. The Morgan fingerprint density at radius 1 is 1.21 bits per heavy atom. The van der Waals surface area contributed by atoms with Crippen LogP contribution in [0.3, 0.4) is 0 Å². The molecule has 0 radical (unpaired) electrons. The Hall–Kier alpha value is -1.94. The van der Waals surface area contributed by atoms with Crippen LogP contribution in [-0.2, 0) is 26.0 Å². The average molecular weight is 712 g/mol. The van der Waals surface area contributed by atoms with E-state index in [0.29, 0.717) is 42.4 Å². The number of likely N-dealkylation sites (tertiary alicyclic amines) is 1. The van der Waals surface area contributed by atoms with Crippen LogP contribution in [0.5, 0.6) is 5.75 Å². The molecule has 0 unspecified atom stereocenters. The zero-order chi connectivity index (χ0) is 31.5. The van der Waals surface area contributed by atoms with Crippen LogP contribution >= 0.6 is 27.5 Å². The molecular formula is C28H35BrClF3N4O5S. The maximum absolute atomic E-state index is 13.2. The Balaban J connectivity index is 1.30. The minimum absolute atomic E-state index is 0.0564. The number of rotatable bonds is 12. The van der Waals surface area contributed by atoms with Gasteiger partial charge < -0.3 is 19.7 Å². The molecule has 4 rings (SSSR count). The first-order valence-corrected chi connectivity index (χ1v) is 16.4. The highest BCUT2D eigenvalue weighted by Gasteiger charge is 2.39. The zero-order valence-electron chi connectivity index (χ0n) is 24.0. The van der Waals surface area contributed by atoms with Crippen LogP contribution in [0, 0.1) is 6.92 Å². The van der Waals surface area contributed by atoms with Crippen molar-refractivity contribution in [3.63, 3.8) is 0 Å². The van der Waals surface area contributed by atoms with Crippen molar-refractivity contribution in [3.05, 3.63) is 56.5 Å². The number of nitrogens with zero attached hydrogens (tertiary/aromatic N) is 2. The molecule has 2 aliphatic rings. The molecule has 0 spiro atoms. The monoisotopic (exact) mass is 710 g/mol. The van der Waals surface area contributed by atoms with Crippen molar-refractivity contribution in [1.29, 1.82) is 0 Å². The van der Waals surface area contributed by atoms with E-state index in [9.17, 15) is 26.4 Å². The number of carbonyl (C=O) groups is 1. The number of hydrogen-bond acceptors (Lipinski definition) is 7. The first kappa shape index (κ1) is 33.9. The number of ether oxygens (including phenoxy) is 2. The lowest BCUT2D eigenvalue weighted by molar-refractivity contribution is -0.173. The van der Waals surface area contributed by atoms with E-state index >= 15 is 0 Å². The summed E-state index contributed by atoms with van der Waals surface area (Å²) in [4.78, 5) is 15.0. The number of sulfonamides is 1. The number of aryl methyl sites for hydroxylation is 1. The molecule has 2 N–H and O–H groups in total. The van der Waals surface area contributed by atoms with Gasteiger partial charge in [-0.05, 0) is 87.4 Å². The van der Waals surface area contributed by atoms with Crippen LogP contribution in [-0.4, -0.2) is 95.9 Å². The number of alkyl halides is 3. The van der Waals surface area contributed by atoms with Gasteiger partial charge in [-0.15, -0.1) is 0 Å². The van der Waals surface area contributed by atoms with E-state index in [2.05, 4.69) is 25.6 Å². The summed E-state index contributed by atoms with van der Waals surface area (Å²) in [6.45, 7) is 3.35. The van der Waals surface area contributed by atoms with Gasteiger partial charge in [0.05, 0.1) is 24.2 Å². The minimum atomic E-state index is -4.92. The van der Waals surface area contributed by atoms with Crippen molar-refractivity contribution < 1.29 is 35.9 Å². The number of likely N-dealkylation sites (N-methyl/N-ethyl adjacent to an activating group) is 1. The van der Waals surface area contributed by atoms with Gasteiger partial charge >= 0.3 is 12.1 Å². The fourth-order valence-electron chi connectivity index (χ4n) is 5.32. The van der Waals surface area contributed by atoms with E-state index < -0.39 is 22.1 Å². The van der Waals surface area contributed by atoms with Gasteiger partial charge in [-0.2, -0.15) is 13.2 Å². The summed E-state index contributed by atoms with van der Waals surface area (Å²) in [5.74, 6) is -1.41. The lowest BCUT2D eigenvalue weighted by Gasteiger charge is -2.28. The molecule has 1 aliphatic heterocycles. The Morgan fingerprint density at radius 3 is 2.63 bits per heavy atom. The Bertz CT molecular complexity index is 1430. The largest absolute Gasteiger partial charge is 0.484 e. The molecule has 43 heavy (non-hydrogen) atoms. The first-order chi connectivity index (χ1) is 20.2. The molecule has 0 bridgehead atoms. The molecule has 238 valence electrons. The molecule has 9 nitrogen and oxygen atoms in total. The predicted octanol–water partition coefficient (Wildman–Crippen LogP) is 4.07. The van der Waals surface area contributed by atoms with E-state index in [1.807, 2.05) is 38.1 Å². The maximum atomic E-state index is 13.2. The fraction of sp³-hybridized carbons (Fsp3) is 0.536. The summed E-state index contributed by atoms with van der Waals surface area (Å²) in [5, 5.41) is 2.35. The van der Waals surface area contributed by atoms with Crippen molar-refractivity contribution in [2.24, 2.45) is 0 Å². The molecule has 15 heteroatoms. The molecule has 3 atom stereocenters. The van der Waals surface area contributed by atoms with Gasteiger partial charge in [-0.3, -0.25) is 9.69 Å². The third-order valence-electron chi connectivity index (χ3n) is 7.57. The number of carbonyl (C=O) groups excluding carboxylic acids is 1. The summed E-state index contributed by atoms with van der Waals surface area (Å²) >= 11 is 9.96. The Morgan fingerprint density at radius 2 is 1.95 bits per heavy atom. The highest BCUT2D eigenvalue weighted by molar-refractivity contribution is 9.10. The van der Waals surface area contributed by atoms with Gasteiger partial charge in [0.15, 0.2) is 0 Å². The third-order valence-corrected chi connectivity index (χ3v) is 10.0. The molecule has 0 saturated carbocycles. The van der Waals surface area contributed by atoms with E-state index in [4.69, 9.17) is 21.1 Å². The normalized spacial score (nSPS) is 20.9. The second kappa shape index (κ2) is 14.0. The molecule has 1 saturated heterocycles. The third kappa shape index (κ3) is 8.62. The molecular weight excluding hydrogens is 677 g/mol. The number of amides is 1. The number of halogens is 5. The van der Waals surface area contributed by atoms with Crippen LogP contribution in [0.15, 0.2) is 39.7 Å². The SMILES string of the molecule is Cc1cc(S(=O)(=O)N[C@H]2CCN(CCOCCNC(=O)C(F)(F)F)C2)ccc1O[C@H]1c2cc(Cl)cc(Br)c2C[C@@H]1N(C)C. The number of benzene rings is 2. The molecule has 1 aliphatic carbocycles. The number of hydrogen-bond donors (Lipinski definition) is 2. The summed E-state index contributed by atoms with van der Waals surface area (Å²) in [7, 11) is 0.197. The highest BCUT2D eigenvalue weighted by Crippen LogP contribution is 2.42. The molecule has 1 heterocycles. The predicted molar refractivity (Wildman–Crippen MR) is 160 cm³/mol. The molecule has 1 amide bonds. The van der Waals surface area contributed by atoms with Gasteiger partial charge in [0.1, 0.15) is 11.9 Å². The lowest BCUT2D eigenvalue weighted by atomic mass is 10.1. The molecule has 1 fully saturated rings. The van der Waals surface area contributed by atoms with Gasteiger partial charge in [0.2, 0.25) is 10.0 Å². The second-order valence-corrected chi connectivity index (χ2v) is 13.9. The van der Waals surface area contributed by atoms with Gasteiger partial charge in [-0.1, -0.05) is 27.5 Å². The van der Waals surface area contributed by atoms with E-state index in [1.165, 1.54) is 6.07 Å². The summed E-state index contributed by atoms with van der Waals surface area (Å²) in [6, 6.07) is 8.39.